The monoisotopic (exact) mass is 837 g/mol. The number of nitrogens with zero attached hydrogens (tertiary/aromatic N) is 1. The van der Waals surface area contributed by atoms with Crippen LogP contribution in [0.25, 0.3) is 0 Å². The summed E-state index contributed by atoms with van der Waals surface area (Å²) in [5.41, 5.74) is -0.748. The molecule has 5 heterocycles. The van der Waals surface area contributed by atoms with Crippen LogP contribution in [0.5, 0.6) is 0 Å². The number of aliphatic hydroxyl groups is 3. The van der Waals surface area contributed by atoms with Gasteiger partial charge >= 0.3 is 5.97 Å². The quantitative estimate of drug-likeness (QED) is 0.131. The standard InChI is InChI=1S/C42H63NO16/c1-20-37(57-35-16-31(59-43(48)49)39(22(3)55-35)58-34-15-30-38(21(2)54-34)52-19-51-30)28(44)14-33(53-20)56-25-8-10-40(4)24(13-25)6-7-27-26(40)9-11-41(5)36(23-12-32(46)50-18-23)29(45)17-42(27,41)47/h12,20-22,24-31,33-39,44-45,47H,6-11,13-19H2,1-5H3/t20-,21-,22-,24-,25+,26?,27?,28+,29+,30+,31+,33+,34+,35+,36?,37-,38-,39-,40+,41-,42+/m1/s1. The topological polar surface area (TPSA) is 213 Å². The maximum Gasteiger partial charge on any atom is 0.331 e. The fourth-order valence-corrected chi connectivity index (χ4v) is 13.6. The predicted molar refractivity (Wildman–Crippen MR) is 201 cm³/mol. The largest absolute Gasteiger partial charge is 0.458 e. The van der Waals surface area contributed by atoms with Crippen LogP contribution in [0.1, 0.15) is 105 Å². The number of carbonyl (C=O) groups is 1. The molecule has 21 atom stereocenters. The van der Waals surface area contributed by atoms with Gasteiger partial charge in [-0.1, -0.05) is 13.8 Å². The number of ether oxygens (including phenoxy) is 9. The van der Waals surface area contributed by atoms with Gasteiger partial charge in [0.15, 0.2) is 18.9 Å². The number of fused-ring (bicyclic) bond motifs is 6. The summed E-state index contributed by atoms with van der Waals surface area (Å²) in [6.07, 6.45) is 0.0330. The van der Waals surface area contributed by atoms with E-state index in [9.17, 15) is 30.2 Å². The van der Waals surface area contributed by atoms with E-state index in [1.165, 1.54) is 6.08 Å². The number of carbonyl (C=O) groups excluding carboxylic acids is 1. The molecule has 0 aromatic rings. The first-order valence-corrected chi connectivity index (χ1v) is 22.0. The highest BCUT2D eigenvalue weighted by atomic mass is 17.0. The van der Waals surface area contributed by atoms with Crippen molar-refractivity contribution in [1.29, 1.82) is 0 Å². The Kier molecular flexibility index (Phi) is 11.4. The van der Waals surface area contributed by atoms with Crippen molar-refractivity contribution in [2.24, 2.45) is 34.5 Å². The molecule has 8 fully saturated rings. The first-order chi connectivity index (χ1) is 28.1. The lowest BCUT2D eigenvalue weighted by Gasteiger charge is -2.63. The summed E-state index contributed by atoms with van der Waals surface area (Å²) < 4.78 is 54.1. The van der Waals surface area contributed by atoms with Crippen LogP contribution in [0.4, 0.5) is 0 Å². The second-order valence-corrected chi connectivity index (χ2v) is 19.6. The van der Waals surface area contributed by atoms with Gasteiger partial charge in [0.25, 0.3) is 5.09 Å². The highest BCUT2D eigenvalue weighted by molar-refractivity contribution is 5.85. The van der Waals surface area contributed by atoms with Crippen molar-refractivity contribution in [3.63, 3.8) is 0 Å². The highest BCUT2D eigenvalue weighted by Crippen LogP contribution is 2.70. The van der Waals surface area contributed by atoms with Gasteiger partial charge in [-0.15, -0.1) is 10.1 Å². The summed E-state index contributed by atoms with van der Waals surface area (Å²) in [5.74, 6) is 0.0937. The molecule has 0 aromatic heterocycles. The molecule has 5 aliphatic heterocycles. The van der Waals surface area contributed by atoms with Crippen molar-refractivity contribution in [2.75, 3.05) is 13.4 Å². The van der Waals surface area contributed by atoms with Gasteiger partial charge < -0.3 is 62.8 Å². The lowest BCUT2D eigenvalue weighted by Crippen LogP contribution is -2.62. The van der Waals surface area contributed by atoms with Crippen LogP contribution in [0.15, 0.2) is 11.6 Å². The Morgan fingerprint density at radius 2 is 1.53 bits per heavy atom. The average Bonchev–Trinajstić information content (AvgIpc) is 3.87. The highest BCUT2D eigenvalue weighted by Gasteiger charge is 2.70. The Morgan fingerprint density at radius 1 is 0.814 bits per heavy atom. The fraction of sp³-hybridized carbons (Fsp3) is 0.929. The van der Waals surface area contributed by atoms with Crippen LogP contribution in [-0.4, -0.2) is 131 Å². The molecule has 59 heavy (non-hydrogen) atoms. The zero-order valence-corrected chi connectivity index (χ0v) is 34.8. The summed E-state index contributed by atoms with van der Waals surface area (Å²) in [5, 5.41) is 46.1. The Hall–Kier alpha value is -2.03. The molecule has 4 saturated carbocycles. The van der Waals surface area contributed by atoms with Crippen molar-refractivity contribution >= 4 is 5.97 Å². The predicted octanol–water partition coefficient (Wildman–Crippen LogP) is 3.45. The van der Waals surface area contributed by atoms with Crippen molar-refractivity contribution in [2.45, 2.75) is 197 Å². The third-order valence-electron chi connectivity index (χ3n) is 16.5. The van der Waals surface area contributed by atoms with E-state index >= 15 is 0 Å². The van der Waals surface area contributed by atoms with Crippen LogP contribution in [0.2, 0.25) is 0 Å². The first-order valence-electron chi connectivity index (χ1n) is 22.0. The number of hydrogen-bond donors (Lipinski definition) is 3. The van der Waals surface area contributed by atoms with E-state index in [1.54, 1.807) is 6.92 Å². The van der Waals surface area contributed by atoms with E-state index in [2.05, 4.69) is 13.8 Å². The van der Waals surface area contributed by atoms with E-state index < -0.39 is 77.7 Å². The molecule has 0 radical (unpaired) electrons. The van der Waals surface area contributed by atoms with Gasteiger partial charge in [-0.3, -0.25) is 0 Å². The number of rotatable bonds is 9. The van der Waals surface area contributed by atoms with Crippen LogP contribution in [-0.2, 0) is 52.3 Å². The molecule has 332 valence electrons. The number of hydrogen-bond acceptors (Lipinski definition) is 16. The number of aliphatic hydroxyl groups excluding tert-OH is 2. The molecule has 0 bridgehead atoms. The minimum atomic E-state index is -1.03. The maximum atomic E-state index is 12.6. The summed E-state index contributed by atoms with van der Waals surface area (Å²) >= 11 is 0. The van der Waals surface area contributed by atoms with E-state index in [-0.39, 0.29) is 73.9 Å². The van der Waals surface area contributed by atoms with Crippen molar-refractivity contribution < 1.29 is 72.7 Å². The van der Waals surface area contributed by atoms with Gasteiger partial charge in [0, 0.05) is 43.1 Å². The van der Waals surface area contributed by atoms with Gasteiger partial charge in [0.2, 0.25) is 0 Å². The van der Waals surface area contributed by atoms with E-state index in [1.807, 2.05) is 13.8 Å². The lowest BCUT2D eigenvalue weighted by atomic mass is 9.43. The molecule has 17 nitrogen and oxygen atoms in total. The summed E-state index contributed by atoms with van der Waals surface area (Å²) in [7, 11) is 0. The molecule has 4 aliphatic carbocycles. The summed E-state index contributed by atoms with van der Waals surface area (Å²) in [6, 6.07) is 0. The van der Waals surface area contributed by atoms with E-state index in [0.29, 0.717) is 24.7 Å². The second kappa shape index (κ2) is 16.0. The third kappa shape index (κ3) is 7.45. The fourth-order valence-electron chi connectivity index (χ4n) is 13.6. The van der Waals surface area contributed by atoms with Gasteiger partial charge in [-0.05, 0) is 94.5 Å². The van der Waals surface area contributed by atoms with Crippen LogP contribution < -0.4 is 0 Å². The van der Waals surface area contributed by atoms with Gasteiger partial charge in [0.05, 0.1) is 48.3 Å². The molecule has 3 N–H and O–H groups in total. The first kappa shape index (κ1) is 42.3. The Morgan fingerprint density at radius 3 is 2.25 bits per heavy atom. The van der Waals surface area contributed by atoms with Crippen molar-refractivity contribution in [1.82, 2.24) is 0 Å². The Labute approximate surface area is 344 Å². The molecule has 9 rings (SSSR count). The van der Waals surface area contributed by atoms with E-state index in [4.69, 9.17) is 47.5 Å². The number of esters is 1. The lowest BCUT2D eigenvalue weighted by molar-refractivity contribution is -0.773. The van der Waals surface area contributed by atoms with Crippen molar-refractivity contribution in [3.8, 4) is 0 Å². The smallest absolute Gasteiger partial charge is 0.331 e. The molecule has 3 unspecified atom stereocenters. The normalized spacial score (nSPS) is 53.4. The summed E-state index contributed by atoms with van der Waals surface area (Å²) in [4.78, 5) is 28.7. The molecular formula is C42H63NO16. The van der Waals surface area contributed by atoms with Gasteiger partial charge in [-0.25, -0.2) is 4.79 Å². The summed E-state index contributed by atoms with van der Waals surface area (Å²) in [6.45, 7) is 10.3. The zero-order valence-electron chi connectivity index (χ0n) is 34.8. The molecule has 0 amide bonds. The van der Waals surface area contributed by atoms with Crippen molar-refractivity contribution in [3.05, 3.63) is 21.8 Å². The third-order valence-corrected chi connectivity index (χ3v) is 16.5. The van der Waals surface area contributed by atoms with Crippen LogP contribution >= 0.6 is 0 Å². The Balaban J connectivity index is 0.785. The van der Waals surface area contributed by atoms with Gasteiger partial charge in [-0.2, -0.15) is 0 Å². The average molecular weight is 838 g/mol. The van der Waals surface area contributed by atoms with Crippen LogP contribution in [0, 0.1) is 44.6 Å². The minimum absolute atomic E-state index is 0.00988. The van der Waals surface area contributed by atoms with Gasteiger partial charge in [0.1, 0.15) is 37.8 Å². The molecule has 4 saturated heterocycles. The molecule has 9 aliphatic rings. The number of cyclic esters (lactones) is 1. The SMILES string of the molecule is C[C@H]1O[C@@H](O[C@H]2[C@@H](O[N+](=O)[O-])C[C@H](O[C@H]3[C@@H](O)C[C@H](O[C@H]4CC[C@]5(C)C6CC[C@]7(C)C(C8=CC(=O)OC8)[C@@H](O)C[C@]7(O)C6CC[C@@H]5C4)O[C@@H]3C)O[C@@H]2C)C[C@@H]2OCO[C@@H]21. The molecule has 0 aromatic carbocycles. The maximum absolute atomic E-state index is 12.6. The molecule has 0 spiro atoms. The second-order valence-electron chi connectivity index (χ2n) is 19.6. The minimum Gasteiger partial charge on any atom is -0.458 e. The van der Waals surface area contributed by atoms with Crippen LogP contribution in [0.3, 0.4) is 0 Å². The molecular weight excluding hydrogens is 774 g/mol. The Bertz CT molecular complexity index is 1610. The van der Waals surface area contributed by atoms with E-state index in [0.717, 1.165) is 50.5 Å². The zero-order chi connectivity index (χ0) is 41.6. The molecule has 17 heteroatoms.